The van der Waals surface area contributed by atoms with E-state index in [9.17, 15) is 0 Å². The van der Waals surface area contributed by atoms with Crippen molar-refractivity contribution in [3.63, 3.8) is 0 Å². The quantitative estimate of drug-likeness (QED) is 0.713. The Kier molecular flexibility index (Phi) is 7.39. The predicted molar refractivity (Wildman–Crippen MR) is 94.2 cm³/mol. The van der Waals surface area contributed by atoms with E-state index < -0.39 is 0 Å². The summed E-state index contributed by atoms with van der Waals surface area (Å²) in [4.78, 5) is 3.67. The first-order chi connectivity index (χ1) is 9.65. The Hall–Kier alpha value is -0.730. The molecule has 1 heterocycles. The van der Waals surface area contributed by atoms with Gasteiger partial charge in [0.25, 0.3) is 0 Å². The van der Waals surface area contributed by atoms with Crippen LogP contribution >= 0.6 is 12.6 Å². The fourth-order valence-electron chi connectivity index (χ4n) is 2.86. The van der Waals surface area contributed by atoms with Crippen molar-refractivity contribution in [3.05, 3.63) is 46.4 Å². The largest absolute Gasteiger partial charge is 0.299 e. The normalized spacial score (nSPS) is 20.9. The van der Waals surface area contributed by atoms with Crippen LogP contribution in [-0.2, 0) is 0 Å². The minimum Gasteiger partial charge on any atom is -0.299 e. The van der Waals surface area contributed by atoms with Crippen LogP contribution in [0.25, 0.3) is 0 Å². The summed E-state index contributed by atoms with van der Waals surface area (Å²) < 4.78 is 0. The topological polar surface area (TPSA) is 3.24 Å². The number of rotatable bonds is 4. The number of hydrogen-bond donors (Lipinski definition) is 1. The number of thiol groups is 1. The van der Waals surface area contributed by atoms with Gasteiger partial charge in [-0.15, -0.1) is 12.6 Å². The number of likely N-dealkylation sites (tertiary alicyclic amines) is 1. The number of hydrogen-bond acceptors (Lipinski definition) is 2. The van der Waals surface area contributed by atoms with E-state index in [4.69, 9.17) is 12.6 Å². The molecular weight excluding hydrogens is 262 g/mol. The summed E-state index contributed by atoms with van der Waals surface area (Å²) in [6, 6.07) is 0. The van der Waals surface area contributed by atoms with Gasteiger partial charge in [0.2, 0.25) is 0 Å². The van der Waals surface area contributed by atoms with Gasteiger partial charge in [-0.25, -0.2) is 0 Å². The molecule has 2 rings (SSSR count). The molecular formula is C18H29NS. The van der Waals surface area contributed by atoms with Crippen molar-refractivity contribution in [1.29, 1.82) is 0 Å². The van der Waals surface area contributed by atoms with Gasteiger partial charge in [0.05, 0.1) is 0 Å². The fourth-order valence-corrected chi connectivity index (χ4v) is 3.28. The highest BCUT2D eigenvalue weighted by Crippen LogP contribution is 2.35. The third-order valence-corrected chi connectivity index (χ3v) is 4.32. The van der Waals surface area contributed by atoms with E-state index in [0.29, 0.717) is 0 Å². The Bertz CT molecular complexity index is 423. The standard InChI is InChI=1S/C16H23NS.C2H6/c1-4-6-13-7-8-14(16(18)15(13)5-2)11-17-9-12(3)10-17;1-2/h4-6,12,18H,2,7-11H2,1,3H3;1-2H3/b6-4-;. The zero-order valence-electron chi connectivity index (χ0n) is 13.4. The molecule has 0 aromatic heterocycles. The van der Waals surface area contributed by atoms with Gasteiger partial charge in [-0.05, 0) is 42.4 Å². The molecule has 1 saturated heterocycles. The maximum Gasteiger partial charge on any atom is 0.0207 e. The first kappa shape index (κ1) is 17.3. The third kappa shape index (κ3) is 4.13. The number of nitrogens with zero attached hydrogens (tertiary/aromatic N) is 1. The van der Waals surface area contributed by atoms with E-state index in [-0.39, 0.29) is 0 Å². The van der Waals surface area contributed by atoms with E-state index in [2.05, 4.69) is 37.5 Å². The fraction of sp³-hybridized carbons (Fsp3) is 0.556. The SMILES string of the molecule is C=CC1=C(/C=C\C)CCC(CN2CC(C)C2)=C1S.CC. The van der Waals surface area contributed by atoms with Crippen molar-refractivity contribution in [1.82, 2.24) is 4.90 Å². The molecule has 0 spiro atoms. The zero-order chi connectivity index (χ0) is 15.1. The smallest absolute Gasteiger partial charge is 0.0207 e. The Labute approximate surface area is 130 Å². The molecule has 0 aromatic carbocycles. The van der Waals surface area contributed by atoms with Gasteiger partial charge in [0, 0.05) is 24.5 Å². The molecule has 0 saturated carbocycles. The van der Waals surface area contributed by atoms with Crippen LogP contribution in [0.1, 0.15) is 40.5 Å². The molecule has 112 valence electrons. The summed E-state index contributed by atoms with van der Waals surface area (Å²) in [7, 11) is 0. The lowest BCUT2D eigenvalue weighted by Gasteiger charge is -2.38. The Morgan fingerprint density at radius 2 is 1.95 bits per heavy atom. The summed E-state index contributed by atoms with van der Waals surface area (Å²) in [6.07, 6.45) is 8.50. The Morgan fingerprint density at radius 3 is 2.45 bits per heavy atom. The first-order valence-corrected chi connectivity index (χ1v) is 8.22. The lowest BCUT2D eigenvalue weighted by molar-refractivity contribution is 0.124. The van der Waals surface area contributed by atoms with E-state index in [0.717, 1.165) is 30.2 Å². The molecule has 1 aliphatic heterocycles. The van der Waals surface area contributed by atoms with Crippen molar-refractivity contribution >= 4 is 12.6 Å². The van der Waals surface area contributed by atoms with Crippen LogP contribution in [0.15, 0.2) is 46.4 Å². The molecule has 0 N–H and O–H groups in total. The summed E-state index contributed by atoms with van der Waals surface area (Å²) in [5.41, 5.74) is 4.08. The van der Waals surface area contributed by atoms with E-state index in [1.165, 1.54) is 29.8 Å². The predicted octanol–water partition coefficient (Wildman–Crippen LogP) is 5.00. The van der Waals surface area contributed by atoms with Gasteiger partial charge >= 0.3 is 0 Å². The molecule has 0 aromatic rings. The van der Waals surface area contributed by atoms with Crippen molar-refractivity contribution in [2.45, 2.75) is 40.5 Å². The van der Waals surface area contributed by atoms with Crippen LogP contribution in [0, 0.1) is 5.92 Å². The molecule has 1 aliphatic carbocycles. The van der Waals surface area contributed by atoms with Crippen LogP contribution in [0.3, 0.4) is 0 Å². The third-order valence-electron chi connectivity index (χ3n) is 3.76. The molecule has 2 aliphatic rings. The van der Waals surface area contributed by atoms with Gasteiger partial charge in [-0.3, -0.25) is 4.90 Å². The maximum absolute atomic E-state index is 4.73. The van der Waals surface area contributed by atoms with Gasteiger partial charge in [-0.2, -0.15) is 0 Å². The summed E-state index contributed by atoms with van der Waals surface area (Å²) in [5.74, 6) is 0.866. The minimum absolute atomic E-state index is 0.866. The highest BCUT2D eigenvalue weighted by atomic mass is 32.1. The lowest BCUT2D eigenvalue weighted by Crippen LogP contribution is -2.46. The van der Waals surface area contributed by atoms with Crippen LogP contribution < -0.4 is 0 Å². The zero-order valence-corrected chi connectivity index (χ0v) is 14.3. The highest BCUT2D eigenvalue weighted by Gasteiger charge is 2.25. The molecule has 0 atom stereocenters. The highest BCUT2D eigenvalue weighted by molar-refractivity contribution is 7.84. The van der Waals surface area contributed by atoms with E-state index in [1.807, 2.05) is 19.9 Å². The van der Waals surface area contributed by atoms with Gasteiger partial charge in [0.15, 0.2) is 0 Å². The van der Waals surface area contributed by atoms with Crippen LogP contribution in [0.2, 0.25) is 0 Å². The summed E-state index contributed by atoms with van der Waals surface area (Å²) >= 11 is 4.73. The average Bonchev–Trinajstić information content (AvgIpc) is 2.43. The molecule has 0 amide bonds. The van der Waals surface area contributed by atoms with Crippen LogP contribution in [0.4, 0.5) is 0 Å². The van der Waals surface area contributed by atoms with Gasteiger partial charge in [0.1, 0.15) is 0 Å². The van der Waals surface area contributed by atoms with E-state index in [1.54, 1.807) is 0 Å². The molecule has 0 unspecified atom stereocenters. The molecule has 0 bridgehead atoms. The average molecular weight is 292 g/mol. The monoisotopic (exact) mass is 291 g/mol. The maximum atomic E-state index is 4.73. The molecule has 0 radical (unpaired) electrons. The first-order valence-electron chi connectivity index (χ1n) is 7.77. The Morgan fingerprint density at radius 1 is 1.30 bits per heavy atom. The van der Waals surface area contributed by atoms with Crippen LogP contribution in [0.5, 0.6) is 0 Å². The Balaban J connectivity index is 0.000000956. The van der Waals surface area contributed by atoms with Crippen molar-refractivity contribution in [2.75, 3.05) is 19.6 Å². The number of allylic oxidation sites excluding steroid dienone is 5. The summed E-state index contributed by atoms with van der Waals surface area (Å²) in [5, 5.41) is 0. The second kappa shape index (κ2) is 8.53. The van der Waals surface area contributed by atoms with Crippen molar-refractivity contribution in [3.8, 4) is 0 Å². The molecule has 2 heteroatoms. The van der Waals surface area contributed by atoms with Crippen LogP contribution in [-0.4, -0.2) is 24.5 Å². The molecule has 20 heavy (non-hydrogen) atoms. The summed E-state index contributed by atoms with van der Waals surface area (Å²) in [6.45, 7) is 15.9. The van der Waals surface area contributed by atoms with E-state index >= 15 is 0 Å². The second-order valence-corrected chi connectivity index (χ2v) is 5.84. The van der Waals surface area contributed by atoms with Gasteiger partial charge in [-0.1, -0.05) is 45.6 Å². The second-order valence-electron chi connectivity index (χ2n) is 5.39. The van der Waals surface area contributed by atoms with Crippen molar-refractivity contribution in [2.24, 2.45) is 5.92 Å². The lowest BCUT2D eigenvalue weighted by atomic mass is 9.90. The molecule has 1 nitrogen and oxygen atoms in total. The van der Waals surface area contributed by atoms with Crippen molar-refractivity contribution < 1.29 is 0 Å². The van der Waals surface area contributed by atoms with Gasteiger partial charge < -0.3 is 0 Å². The minimum atomic E-state index is 0.866. The molecule has 1 fully saturated rings.